The van der Waals surface area contributed by atoms with Crippen molar-refractivity contribution in [1.29, 1.82) is 0 Å². The van der Waals surface area contributed by atoms with E-state index in [1.165, 1.54) is 0 Å². The number of nitrogens with one attached hydrogen (secondary N) is 1. The first-order valence-corrected chi connectivity index (χ1v) is 5.22. The number of nitrogens with zero attached hydrogens (tertiary/aromatic N) is 1. The summed E-state index contributed by atoms with van der Waals surface area (Å²) in [6.07, 6.45) is 0.972. The average Bonchev–Trinajstić information content (AvgIpc) is 2.29. The molecule has 0 aliphatic carbocycles. The van der Waals surface area contributed by atoms with Crippen LogP contribution in [0.5, 0.6) is 0 Å². The molecule has 1 atom stereocenters. The average molecular weight is 241 g/mol. The summed E-state index contributed by atoms with van der Waals surface area (Å²) < 4.78 is 17.8. The molecular formula is C11H16FN3O2. The van der Waals surface area contributed by atoms with Crippen LogP contribution in [0.25, 0.3) is 0 Å². The molecule has 0 aliphatic heterocycles. The lowest BCUT2D eigenvalue weighted by Crippen LogP contribution is -2.30. The van der Waals surface area contributed by atoms with Gasteiger partial charge in [0.25, 0.3) is 5.91 Å². The monoisotopic (exact) mass is 241 g/mol. The highest BCUT2D eigenvalue weighted by molar-refractivity contribution is 5.98. The van der Waals surface area contributed by atoms with Crippen molar-refractivity contribution in [3.63, 3.8) is 0 Å². The molecular weight excluding hydrogens is 225 g/mol. The number of ether oxygens (including phenoxy) is 1. The second-order valence-electron chi connectivity index (χ2n) is 3.86. The highest BCUT2D eigenvalue weighted by Crippen LogP contribution is 2.09. The summed E-state index contributed by atoms with van der Waals surface area (Å²) in [5.41, 5.74) is 5.54. The fourth-order valence-corrected chi connectivity index (χ4v) is 1.34. The molecule has 1 rings (SSSR count). The molecule has 0 bridgehead atoms. The van der Waals surface area contributed by atoms with Gasteiger partial charge in [-0.3, -0.25) is 4.79 Å². The lowest BCUT2D eigenvalue weighted by atomic mass is 10.2. The van der Waals surface area contributed by atoms with Crippen LogP contribution in [0.2, 0.25) is 0 Å². The second kappa shape index (κ2) is 6.15. The highest BCUT2D eigenvalue weighted by atomic mass is 19.1. The Morgan fingerprint density at radius 2 is 2.41 bits per heavy atom. The first-order valence-electron chi connectivity index (χ1n) is 5.22. The van der Waals surface area contributed by atoms with Crippen molar-refractivity contribution in [2.75, 3.05) is 26.0 Å². The third-order valence-electron chi connectivity index (χ3n) is 2.19. The van der Waals surface area contributed by atoms with Gasteiger partial charge in [-0.15, -0.1) is 0 Å². The lowest BCUT2D eigenvalue weighted by Gasteiger charge is -2.12. The molecule has 1 amide bonds. The largest absolute Gasteiger partial charge is 0.384 e. The Labute approximate surface area is 99.2 Å². The fraction of sp³-hybridized carbons (Fsp3) is 0.455. The van der Waals surface area contributed by atoms with Gasteiger partial charge >= 0.3 is 0 Å². The second-order valence-corrected chi connectivity index (χ2v) is 3.86. The summed E-state index contributed by atoms with van der Waals surface area (Å²) in [7, 11) is 1.59. The van der Waals surface area contributed by atoms with Crippen molar-refractivity contribution in [1.82, 2.24) is 10.3 Å². The van der Waals surface area contributed by atoms with Gasteiger partial charge in [0.1, 0.15) is 11.6 Å². The number of hydrogen-bond donors (Lipinski definition) is 2. The van der Waals surface area contributed by atoms with Crippen molar-refractivity contribution in [2.24, 2.45) is 5.92 Å². The van der Waals surface area contributed by atoms with Crippen LogP contribution in [-0.2, 0) is 4.74 Å². The van der Waals surface area contributed by atoms with Crippen molar-refractivity contribution in [3.05, 3.63) is 23.6 Å². The first-order chi connectivity index (χ1) is 8.04. The summed E-state index contributed by atoms with van der Waals surface area (Å²) >= 11 is 0. The van der Waals surface area contributed by atoms with E-state index >= 15 is 0 Å². The maximum absolute atomic E-state index is 12.9. The van der Waals surface area contributed by atoms with Crippen LogP contribution in [0.1, 0.15) is 17.3 Å². The van der Waals surface area contributed by atoms with E-state index in [1.54, 1.807) is 7.11 Å². The van der Waals surface area contributed by atoms with Crippen LogP contribution in [0.3, 0.4) is 0 Å². The number of halogens is 1. The van der Waals surface area contributed by atoms with E-state index in [-0.39, 0.29) is 17.3 Å². The summed E-state index contributed by atoms with van der Waals surface area (Å²) in [5, 5.41) is 2.65. The van der Waals surface area contributed by atoms with Gasteiger partial charge in [-0.05, 0) is 12.0 Å². The predicted molar refractivity (Wildman–Crippen MR) is 62.0 cm³/mol. The van der Waals surface area contributed by atoms with Crippen LogP contribution >= 0.6 is 0 Å². The van der Waals surface area contributed by atoms with E-state index in [9.17, 15) is 9.18 Å². The van der Waals surface area contributed by atoms with E-state index in [0.29, 0.717) is 13.2 Å². The Balaban J connectivity index is 2.61. The van der Waals surface area contributed by atoms with Crippen molar-refractivity contribution >= 4 is 11.7 Å². The number of pyridine rings is 1. The molecule has 3 N–H and O–H groups in total. The molecule has 0 saturated heterocycles. The predicted octanol–water partition coefficient (Wildman–Crippen LogP) is 0.815. The van der Waals surface area contributed by atoms with Gasteiger partial charge in [-0.25, -0.2) is 9.37 Å². The van der Waals surface area contributed by atoms with Gasteiger partial charge in [0.05, 0.1) is 18.4 Å². The van der Waals surface area contributed by atoms with E-state index < -0.39 is 11.7 Å². The number of hydrogen-bond acceptors (Lipinski definition) is 4. The first kappa shape index (κ1) is 13.4. The summed E-state index contributed by atoms with van der Waals surface area (Å²) in [6, 6.07) is 1.07. The van der Waals surface area contributed by atoms with Gasteiger partial charge in [0, 0.05) is 13.7 Å². The zero-order valence-corrected chi connectivity index (χ0v) is 9.87. The third kappa shape index (κ3) is 3.99. The summed E-state index contributed by atoms with van der Waals surface area (Å²) in [6.45, 7) is 2.90. The Hall–Kier alpha value is -1.69. The van der Waals surface area contributed by atoms with Crippen LogP contribution < -0.4 is 11.1 Å². The normalized spacial score (nSPS) is 12.2. The molecule has 6 heteroatoms. The number of anilines is 1. The van der Waals surface area contributed by atoms with Gasteiger partial charge < -0.3 is 15.8 Å². The fourth-order valence-electron chi connectivity index (χ4n) is 1.34. The number of nitrogens with two attached hydrogens (primary N) is 1. The molecule has 1 aromatic heterocycles. The number of nitrogen functional groups attached to an aromatic ring is 1. The quantitative estimate of drug-likeness (QED) is 0.800. The minimum absolute atomic E-state index is 0.0169. The Bertz CT molecular complexity index is 398. The Morgan fingerprint density at radius 1 is 1.71 bits per heavy atom. The third-order valence-corrected chi connectivity index (χ3v) is 2.19. The topological polar surface area (TPSA) is 77.2 Å². The lowest BCUT2D eigenvalue weighted by molar-refractivity contribution is 0.0934. The van der Waals surface area contributed by atoms with E-state index in [2.05, 4.69) is 10.3 Å². The van der Waals surface area contributed by atoms with Gasteiger partial charge in [0.2, 0.25) is 0 Å². The number of amides is 1. The number of rotatable bonds is 5. The molecule has 1 aromatic rings. The molecule has 0 fully saturated rings. The standard InChI is InChI=1S/C11H16FN3O2/c1-7(6-17-2)4-15-11(16)9-3-8(12)5-14-10(9)13/h3,5,7H,4,6H2,1-2H3,(H2,13,14)(H,15,16). The number of methoxy groups -OCH3 is 1. The number of carbonyl (C=O) groups excluding carboxylic acids is 1. The van der Waals surface area contributed by atoms with Crippen LogP contribution in [0, 0.1) is 11.7 Å². The molecule has 0 saturated carbocycles. The van der Waals surface area contributed by atoms with E-state index in [4.69, 9.17) is 10.5 Å². The minimum atomic E-state index is -0.589. The molecule has 17 heavy (non-hydrogen) atoms. The smallest absolute Gasteiger partial charge is 0.255 e. The van der Waals surface area contributed by atoms with Crippen molar-refractivity contribution in [3.8, 4) is 0 Å². The Morgan fingerprint density at radius 3 is 3.06 bits per heavy atom. The van der Waals surface area contributed by atoms with Crippen molar-refractivity contribution < 1.29 is 13.9 Å². The maximum atomic E-state index is 12.9. The van der Waals surface area contributed by atoms with Crippen LogP contribution in [0.4, 0.5) is 10.2 Å². The van der Waals surface area contributed by atoms with Crippen molar-refractivity contribution in [2.45, 2.75) is 6.92 Å². The zero-order chi connectivity index (χ0) is 12.8. The molecule has 0 radical (unpaired) electrons. The molecule has 0 spiro atoms. The minimum Gasteiger partial charge on any atom is -0.384 e. The molecule has 0 aromatic carbocycles. The van der Waals surface area contributed by atoms with Gasteiger partial charge in [0.15, 0.2) is 0 Å². The van der Waals surface area contributed by atoms with Crippen LogP contribution in [0.15, 0.2) is 12.3 Å². The summed E-state index contributed by atoms with van der Waals surface area (Å²) in [4.78, 5) is 15.3. The van der Waals surface area contributed by atoms with Gasteiger partial charge in [-0.2, -0.15) is 0 Å². The molecule has 94 valence electrons. The molecule has 1 unspecified atom stereocenters. The van der Waals surface area contributed by atoms with Crippen LogP contribution in [-0.4, -0.2) is 31.2 Å². The molecule has 0 aliphatic rings. The molecule has 1 heterocycles. The Kier molecular flexibility index (Phi) is 4.84. The number of carbonyl (C=O) groups is 1. The van der Waals surface area contributed by atoms with E-state index in [0.717, 1.165) is 12.3 Å². The summed E-state index contributed by atoms with van der Waals surface area (Å²) in [5.74, 6) is -0.832. The van der Waals surface area contributed by atoms with E-state index in [1.807, 2.05) is 6.92 Å². The number of aromatic nitrogens is 1. The maximum Gasteiger partial charge on any atom is 0.255 e. The SMILES string of the molecule is COCC(C)CNC(=O)c1cc(F)cnc1N. The zero-order valence-electron chi connectivity index (χ0n) is 9.87. The molecule has 5 nitrogen and oxygen atoms in total. The highest BCUT2D eigenvalue weighted by Gasteiger charge is 2.12. The van der Waals surface area contributed by atoms with Gasteiger partial charge in [-0.1, -0.05) is 6.92 Å².